The molecule has 1 aliphatic heterocycles. The Labute approximate surface area is 235 Å². The fourth-order valence-corrected chi connectivity index (χ4v) is 7.44. The molecule has 2 aromatic rings. The van der Waals surface area contributed by atoms with Gasteiger partial charge < -0.3 is 10.0 Å². The minimum absolute atomic E-state index is 0.000713. The van der Waals surface area contributed by atoms with Gasteiger partial charge in [0.25, 0.3) is 10.0 Å². The Morgan fingerprint density at radius 1 is 1.10 bits per heavy atom. The number of carbonyl (C=O) groups excluding carboxylic acids is 1. The number of thiophene rings is 1. The number of carboxylic acid groups (broad SMARTS) is 1. The summed E-state index contributed by atoms with van der Waals surface area (Å²) in [4.78, 5) is 32.8. The molecule has 1 N–H and O–H groups in total. The predicted octanol–water partition coefficient (Wildman–Crippen LogP) is 5.25. The Morgan fingerprint density at radius 2 is 1.77 bits per heavy atom. The SMILES string of the molecule is CC1CCC(C(=O)N(c2cc(C#CC(C)(C)C)sc2C(=O)O)C2CCN(S(=O)(=O)c3ccccn3)CC2)CC1. The Balaban J connectivity index is 1.66. The van der Waals surface area contributed by atoms with E-state index < -0.39 is 16.0 Å². The fourth-order valence-electron chi connectivity index (χ4n) is 5.20. The number of carbonyl (C=O) groups is 2. The third kappa shape index (κ3) is 6.89. The Bertz CT molecular complexity index is 1350. The molecule has 0 spiro atoms. The molecule has 0 bridgehead atoms. The van der Waals surface area contributed by atoms with Gasteiger partial charge in [-0.25, -0.2) is 18.2 Å². The Kier molecular flexibility index (Phi) is 8.84. The van der Waals surface area contributed by atoms with Crippen molar-refractivity contribution < 1.29 is 23.1 Å². The predicted molar refractivity (Wildman–Crippen MR) is 152 cm³/mol. The average Bonchev–Trinajstić information content (AvgIpc) is 3.33. The lowest BCUT2D eigenvalue weighted by molar-refractivity contribution is -0.124. The molecule has 1 saturated carbocycles. The van der Waals surface area contributed by atoms with E-state index in [4.69, 9.17) is 0 Å². The van der Waals surface area contributed by atoms with Gasteiger partial charge in [0, 0.05) is 36.7 Å². The molecular formula is C29H37N3O5S2. The van der Waals surface area contributed by atoms with Crippen molar-refractivity contribution in [2.24, 2.45) is 17.3 Å². The number of piperidine rings is 1. The van der Waals surface area contributed by atoms with E-state index in [-0.39, 0.29) is 46.3 Å². The van der Waals surface area contributed by atoms with Crippen molar-refractivity contribution in [3.63, 3.8) is 0 Å². The standard InChI is InChI=1S/C29H37N3O5S2/c1-20-8-10-21(11-9-20)27(33)32(24-19-23(12-15-29(2,3)4)38-26(24)28(34)35)22-13-17-31(18-14-22)39(36,37)25-7-5-6-16-30-25/h5-7,16,19-22H,8-11,13-14,17-18H2,1-4H3,(H,34,35). The van der Waals surface area contributed by atoms with Crippen molar-refractivity contribution in [3.05, 3.63) is 40.2 Å². The largest absolute Gasteiger partial charge is 0.477 e. The van der Waals surface area contributed by atoms with Gasteiger partial charge in [-0.05, 0) is 83.4 Å². The number of anilines is 1. The number of nitrogens with zero attached hydrogens (tertiary/aromatic N) is 3. The second-order valence-corrected chi connectivity index (χ2v) is 14.5. The van der Waals surface area contributed by atoms with Gasteiger partial charge in [-0.2, -0.15) is 4.31 Å². The highest BCUT2D eigenvalue weighted by Gasteiger charge is 2.39. The average molecular weight is 572 g/mol. The molecule has 2 aliphatic rings. The first-order valence-corrected chi connectivity index (χ1v) is 15.8. The van der Waals surface area contributed by atoms with Crippen molar-refractivity contribution in [2.45, 2.75) is 77.3 Å². The van der Waals surface area contributed by atoms with Gasteiger partial charge in [-0.15, -0.1) is 11.3 Å². The van der Waals surface area contributed by atoms with Crippen LogP contribution in [0.3, 0.4) is 0 Å². The molecule has 1 amide bonds. The quantitative estimate of drug-likeness (QED) is 0.475. The first kappa shape index (κ1) is 29.2. The summed E-state index contributed by atoms with van der Waals surface area (Å²) in [6.07, 6.45) is 5.72. The van der Waals surface area contributed by atoms with E-state index in [9.17, 15) is 23.1 Å². The highest BCUT2D eigenvalue weighted by Crippen LogP contribution is 2.38. The Morgan fingerprint density at radius 3 is 2.33 bits per heavy atom. The van der Waals surface area contributed by atoms with E-state index in [0.29, 0.717) is 29.3 Å². The summed E-state index contributed by atoms with van der Waals surface area (Å²) in [6, 6.07) is 6.20. The number of hydrogen-bond acceptors (Lipinski definition) is 6. The summed E-state index contributed by atoms with van der Waals surface area (Å²) in [5.41, 5.74) is 0.119. The molecular weight excluding hydrogens is 534 g/mol. The summed E-state index contributed by atoms with van der Waals surface area (Å²) in [5, 5.41) is 10.1. The number of aromatic nitrogens is 1. The topological polar surface area (TPSA) is 108 Å². The summed E-state index contributed by atoms with van der Waals surface area (Å²) in [7, 11) is -3.75. The van der Waals surface area contributed by atoms with Crippen LogP contribution in [0.4, 0.5) is 5.69 Å². The van der Waals surface area contributed by atoms with Crippen molar-refractivity contribution in [3.8, 4) is 11.8 Å². The van der Waals surface area contributed by atoms with Crippen LogP contribution in [-0.4, -0.2) is 53.8 Å². The zero-order valence-corrected chi connectivity index (χ0v) is 24.6. The lowest BCUT2D eigenvalue weighted by Gasteiger charge is -2.40. The van der Waals surface area contributed by atoms with Gasteiger partial charge in [0.1, 0.15) is 4.88 Å². The fraction of sp³-hybridized carbons (Fsp3) is 0.552. The number of sulfonamides is 1. The van der Waals surface area contributed by atoms with E-state index in [1.54, 1.807) is 23.1 Å². The van der Waals surface area contributed by atoms with Crippen molar-refractivity contribution in [1.82, 2.24) is 9.29 Å². The maximum Gasteiger partial charge on any atom is 0.348 e. The van der Waals surface area contributed by atoms with E-state index in [2.05, 4.69) is 23.7 Å². The maximum absolute atomic E-state index is 14.1. The highest BCUT2D eigenvalue weighted by atomic mass is 32.2. The molecule has 8 nitrogen and oxygen atoms in total. The molecule has 0 aromatic carbocycles. The summed E-state index contributed by atoms with van der Waals surface area (Å²) >= 11 is 1.09. The molecule has 2 aromatic heterocycles. The first-order valence-electron chi connectivity index (χ1n) is 13.5. The van der Waals surface area contributed by atoms with Crippen LogP contribution in [0.25, 0.3) is 0 Å². The van der Waals surface area contributed by atoms with Gasteiger partial charge in [0.2, 0.25) is 5.91 Å². The van der Waals surface area contributed by atoms with Crippen LogP contribution in [0.1, 0.15) is 80.8 Å². The van der Waals surface area contributed by atoms with Gasteiger partial charge >= 0.3 is 5.97 Å². The smallest absolute Gasteiger partial charge is 0.348 e. The molecule has 0 atom stereocenters. The number of carboxylic acids is 1. The lowest BCUT2D eigenvalue weighted by Crippen LogP contribution is -2.51. The van der Waals surface area contributed by atoms with E-state index in [1.807, 2.05) is 20.8 Å². The first-order chi connectivity index (χ1) is 18.4. The number of pyridine rings is 1. The highest BCUT2D eigenvalue weighted by molar-refractivity contribution is 7.89. The van der Waals surface area contributed by atoms with E-state index >= 15 is 0 Å². The van der Waals surface area contributed by atoms with Gasteiger partial charge in [0.05, 0.1) is 10.6 Å². The van der Waals surface area contributed by atoms with E-state index in [1.165, 1.54) is 16.6 Å². The summed E-state index contributed by atoms with van der Waals surface area (Å²) < 4.78 is 27.7. The molecule has 4 rings (SSSR count). The van der Waals surface area contributed by atoms with Gasteiger partial charge in [-0.1, -0.05) is 24.8 Å². The number of rotatable bonds is 6. The molecule has 2 fully saturated rings. The van der Waals surface area contributed by atoms with Crippen LogP contribution >= 0.6 is 11.3 Å². The lowest BCUT2D eigenvalue weighted by atomic mass is 9.82. The zero-order chi connectivity index (χ0) is 28.4. The molecule has 0 radical (unpaired) electrons. The molecule has 210 valence electrons. The molecule has 10 heteroatoms. The molecule has 39 heavy (non-hydrogen) atoms. The normalized spacial score (nSPS) is 21.1. The van der Waals surface area contributed by atoms with Crippen molar-refractivity contribution in [1.29, 1.82) is 0 Å². The number of hydrogen-bond donors (Lipinski definition) is 1. The third-order valence-corrected chi connectivity index (χ3v) is 10.2. The minimum Gasteiger partial charge on any atom is -0.477 e. The molecule has 3 heterocycles. The molecule has 1 saturated heterocycles. The second-order valence-electron chi connectivity index (χ2n) is 11.6. The monoisotopic (exact) mass is 571 g/mol. The molecule has 1 aliphatic carbocycles. The Hall–Kier alpha value is -2.74. The van der Waals surface area contributed by atoms with Crippen molar-refractivity contribution in [2.75, 3.05) is 18.0 Å². The van der Waals surface area contributed by atoms with Crippen LogP contribution in [0.5, 0.6) is 0 Å². The minimum atomic E-state index is -3.75. The van der Waals surface area contributed by atoms with Gasteiger partial charge in [-0.3, -0.25) is 4.79 Å². The van der Waals surface area contributed by atoms with Crippen LogP contribution < -0.4 is 4.90 Å². The van der Waals surface area contributed by atoms with Crippen molar-refractivity contribution >= 4 is 38.9 Å². The number of amides is 1. The third-order valence-electron chi connectivity index (χ3n) is 7.36. The molecule has 0 unspecified atom stereocenters. The zero-order valence-electron chi connectivity index (χ0n) is 23.0. The second kappa shape index (κ2) is 11.8. The summed E-state index contributed by atoms with van der Waals surface area (Å²) in [6.45, 7) is 8.59. The van der Waals surface area contributed by atoms with Crippen LogP contribution in [0.15, 0.2) is 35.5 Å². The van der Waals surface area contributed by atoms with E-state index in [0.717, 1.165) is 37.0 Å². The summed E-state index contributed by atoms with van der Waals surface area (Å²) in [5.74, 6) is 5.49. The van der Waals surface area contributed by atoms with Gasteiger partial charge in [0.15, 0.2) is 5.03 Å². The van der Waals surface area contributed by atoms with Crippen LogP contribution in [0.2, 0.25) is 0 Å². The maximum atomic E-state index is 14.1. The number of aromatic carboxylic acids is 1. The van der Waals surface area contributed by atoms with Crippen LogP contribution in [0, 0.1) is 29.1 Å². The van der Waals surface area contributed by atoms with Crippen LogP contribution in [-0.2, 0) is 14.8 Å².